The van der Waals surface area contributed by atoms with E-state index in [1.54, 1.807) is 0 Å². The van der Waals surface area contributed by atoms with Crippen molar-refractivity contribution in [2.75, 3.05) is 0 Å². The zero-order valence-corrected chi connectivity index (χ0v) is 10.8. The molecule has 1 aliphatic rings. The molecule has 0 unspecified atom stereocenters. The Kier molecular flexibility index (Phi) is 4.15. The van der Waals surface area contributed by atoms with Crippen LogP contribution in [0, 0.1) is 0 Å². The minimum Gasteiger partial charge on any atom is -0.294 e. The third kappa shape index (κ3) is 3.06. The van der Waals surface area contributed by atoms with Crippen molar-refractivity contribution < 1.29 is 0 Å². The summed E-state index contributed by atoms with van der Waals surface area (Å²) in [4.78, 5) is 2.57. The number of nitrogens with one attached hydrogen (secondary N) is 1. The van der Waals surface area contributed by atoms with Gasteiger partial charge < -0.3 is 0 Å². The summed E-state index contributed by atoms with van der Waals surface area (Å²) in [6.45, 7) is 5.63. The van der Waals surface area contributed by atoms with Crippen molar-refractivity contribution in [3.05, 3.63) is 35.9 Å². The molecule has 1 saturated heterocycles. The number of benzene rings is 1. The number of hydrogen-bond donors (Lipinski definition) is 2. The number of hydrazine groups is 1. The molecule has 0 amide bonds. The molecule has 1 heterocycles. The molecule has 17 heavy (non-hydrogen) atoms. The lowest BCUT2D eigenvalue weighted by Gasteiger charge is -2.42. The first-order valence-electron chi connectivity index (χ1n) is 6.46. The fraction of sp³-hybridized carbons (Fsp3) is 0.571. The Morgan fingerprint density at radius 1 is 1.18 bits per heavy atom. The molecular weight excluding hydrogens is 210 g/mol. The maximum atomic E-state index is 5.56. The topological polar surface area (TPSA) is 41.3 Å². The van der Waals surface area contributed by atoms with Crippen LogP contribution in [0.25, 0.3) is 0 Å². The minimum absolute atomic E-state index is 0.465. The van der Waals surface area contributed by atoms with Crippen LogP contribution in [0.4, 0.5) is 0 Å². The Hall–Kier alpha value is -0.900. The van der Waals surface area contributed by atoms with Crippen LogP contribution in [0.2, 0.25) is 0 Å². The van der Waals surface area contributed by atoms with E-state index in [-0.39, 0.29) is 0 Å². The van der Waals surface area contributed by atoms with Crippen molar-refractivity contribution in [1.29, 1.82) is 0 Å². The highest BCUT2D eigenvalue weighted by atomic mass is 15.3. The number of piperidine rings is 1. The van der Waals surface area contributed by atoms with Crippen molar-refractivity contribution in [1.82, 2.24) is 10.3 Å². The number of nitrogens with zero attached hydrogens (tertiary/aromatic N) is 1. The highest BCUT2D eigenvalue weighted by Gasteiger charge is 2.29. The third-order valence-electron chi connectivity index (χ3n) is 3.83. The molecule has 94 valence electrons. The normalized spacial score (nSPS) is 30.4. The summed E-state index contributed by atoms with van der Waals surface area (Å²) < 4.78 is 0. The molecule has 3 N–H and O–H groups in total. The SMILES string of the molecule is C[C@H]1CC(NN)C[C@H](C)N1Cc1ccccc1. The lowest BCUT2D eigenvalue weighted by Crippen LogP contribution is -2.52. The summed E-state index contributed by atoms with van der Waals surface area (Å²) in [5.74, 6) is 5.56. The molecule has 2 rings (SSSR count). The molecule has 0 spiro atoms. The van der Waals surface area contributed by atoms with Gasteiger partial charge in [0.25, 0.3) is 0 Å². The van der Waals surface area contributed by atoms with Crippen molar-refractivity contribution in [3.63, 3.8) is 0 Å². The third-order valence-corrected chi connectivity index (χ3v) is 3.83. The number of hydrogen-bond acceptors (Lipinski definition) is 3. The maximum Gasteiger partial charge on any atom is 0.0240 e. The van der Waals surface area contributed by atoms with Gasteiger partial charge in [-0.3, -0.25) is 16.2 Å². The van der Waals surface area contributed by atoms with E-state index in [1.807, 2.05) is 0 Å². The Balaban J connectivity index is 2.01. The van der Waals surface area contributed by atoms with Crippen LogP contribution in [0.5, 0.6) is 0 Å². The van der Waals surface area contributed by atoms with Gasteiger partial charge in [-0.05, 0) is 32.3 Å². The average molecular weight is 233 g/mol. The van der Waals surface area contributed by atoms with E-state index in [9.17, 15) is 0 Å². The molecule has 0 aromatic heterocycles. The van der Waals surface area contributed by atoms with Crippen molar-refractivity contribution in [2.45, 2.75) is 51.4 Å². The molecule has 1 aromatic rings. The predicted octanol–water partition coefficient (Wildman–Crippen LogP) is 1.89. The summed E-state index contributed by atoms with van der Waals surface area (Å²) in [5.41, 5.74) is 4.32. The smallest absolute Gasteiger partial charge is 0.0240 e. The number of nitrogens with two attached hydrogens (primary N) is 1. The van der Waals surface area contributed by atoms with Crippen LogP contribution in [0.3, 0.4) is 0 Å². The first-order chi connectivity index (χ1) is 8.20. The lowest BCUT2D eigenvalue weighted by molar-refractivity contribution is 0.0752. The first-order valence-corrected chi connectivity index (χ1v) is 6.46. The monoisotopic (exact) mass is 233 g/mol. The zero-order chi connectivity index (χ0) is 12.3. The highest BCUT2D eigenvalue weighted by Crippen LogP contribution is 2.24. The van der Waals surface area contributed by atoms with Crippen molar-refractivity contribution in [3.8, 4) is 0 Å². The van der Waals surface area contributed by atoms with Crippen LogP contribution in [-0.2, 0) is 6.54 Å². The lowest BCUT2D eigenvalue weighted by atomic mass is 9.92. The number of likely N-dealkylation sites (tertiary alicyclic amines) is 1. The van der Waals surface area contributed by atoms with Gasteiger partial charge in [0, 0.05) is 24.7 Å². The molecule has 0 radical (unpaired) electrons. The standard InChI is InChI=1S/C14H23N3/c1-11-8-14(16-15)9-12(2)17(11)10-13-6-4-3-5-7-13/h3-7,11-12,14,16H,8-10,15H2,1-2H3/t11-,12-/m0/s1. The van der Waals surface area contributed by atoms with Crippen molar-refractivity contribution >= 4 is 0 Å². The summed E-state index contributed by atoms with van der Waals surface area (Å²) in [6.07, 6.45) is 2.27. The van der Waals surface area contributed by atoms with E-state index in [0.717, 1.165) is 19.4 Å². The Bertz CT molecular complexity index is 327. The quantitative estimate of drug-likeness (QED) is 0.619. The Morgan fingerprint density at radius 3 is 2.29 bits per heavy atom. The molecule has 1 fully saturated rings. The molecule has 0 bridgehead atoms. The second-order valence-corrected chi connectivity index (χ2v) is 5.19. The largest absolute Gasteiger partial charge is 0.294 e. The second-order valence-electron chi connectivity index (χ2n) is 5.19. The molecule has 0 saturated carbocycles. The average Bonchev–Trinajstić information content (AvgIpc) is 2.35. The zero-order valence-electron chi connectivity index (χ0n) is 10.8. The molecule has 1 aliphatic heterocycles. The van der Waals surface area contributed by atoms with Gasteiger partial charge in [0.15, 0.2) is 0 Å². The number of rotatable bonds is 3. The Morgan fingerprint density at radius 2 is 1.76 bits per heavy atom. The first kappa shape index (κ1) is 12.6. The molecule has 1 aromatic carbocycles. The fourth-order valence-corrected chi connectivity index (χ4v) is 2.87. The minimum atomic E-state index is 0.465. The van der Waals surface area contributed by atoms with Crippen LogP contribution < -0.4 is 11.3 Å². The highest BCUT2D eigenvalue weighted by molar-refractivity contribution is 5.15. The van der Waals surface area contributed by atoms with Gasteiger partial charge in [0.05, 0.1) is 0 Å². The van der Waals surface area contributed by atoms with E-state index >= 15 is 0 Å². The summed E-state index contributed by atoms with van der Waals surface area (Å²) in [5, 5.41) is 0. The van der Waals surface area contributed by atoms with E-state index in [2.05, 4.69) is 54.5 Å². The fourth-order valence-electron chi connectivity index (χ4n) is 2.87. The van der Waals surface area contributed by atoms with E-state index < -0.39 is 0 Å². The van der Waals surface area contributed by atoms with Gasteiger partial charge in [-0.1, -0.05) is 30.3 Å². The summed E-state index contributed by atoms with van der Waals surface area (Å²) in [7, 11) is 0. The molecule has 3 nitrogen and oxygen atoms in total. The van der Waals surface area contributed by atoms with Crippen molar-refractivity contribution in [2.24, 2.45) is 5.84 Å². The van der Waals surface area contributed by atoms with E-state index in [0.29, 0.717) is 18.1 Å². The molecular formula is C14H23N3. The summed E-state index contributed by atoms with van der Waals surface area (Å²) in [6, 6.07) is 12.3. The van der Waals surface area contributed by atoms with Crippen LogP contribution in [0.1, 0.15) is 32.3 Å². The van der Waals surface area contributed by atoms with Gasteiger partial charge in [-0.25, -0.2) is 0 Å². The molecule has 0 aliphatic carbocycles. The maximum absolute atomic E-state index is 5.56. The summed E-state index contributed by atoms with van der Waals surface area (Å²) >= 11 is 0. The van der Waals surface area contributed by atoms with Crippen LogP contribution >= 0.6 is 0 Å². The van der Waals surface area contributed by atoms with Gasteiger partial charge in [0.2, 0.25) is 0 Å². The van der Waals surface area contributed by atoms with Crippen LogP contribution in [0.15, 0.2) is 30.3 Å². The predicted molar refractivity (Wildman–Crippen MR) is 71.3 cm³/mol. The molecule has 3 heteroatoms. The van der Waals surface area contributed by atoms with E-state index in [1.165, 1.54) is 5.56 Å². The second kappa shape index (κ2) is 5.63. The van der Waals surface area contributed by atoms with Gasteiger partial charge in [-0.2, -0.15) is 0 Å². The van der Waals surface area contributed by atoms with Gasteiger partial charge in [-0.15, -0.1) is 0 Å². The Labute approximate surface area is 104 Å². The van der Waals surface area contributed by atoms with Gasteiger partial charge in [0.1, 0.15) is 0 Å². The van der Waals surface area contributed by atoms with Gasteiger partial charge >= 0.3 is 0 Å². The van der Waals surface area contributed by atoms with Crippen LogP contribution in [-0.4, -0.2) is 23.0 Å². The molecule has 2 atom stereocenters. The van der Waals surface area contributed by atoms with E-state index in [4.69, 9.17) is 5.84 Å².